The first-order valence-electron chi connectivity index (χ1n) is 6.18. The van der Waals surface area contributed by atoms with Gasteiger partial charge in [-0.15, -0.1) is 0 Å². The zero-order valence-corrected chi connectivity index (χ0v) is 10.8. The molecule has 17 heavy (non-hydrogen) atoms. The maximum atomic E-state index is 13.3. The first-order valence-corrected chi connectivity index (χ1v) is 6.18. The van der Waals surface area contributed by atoms with E-state index in [1.807, 2.05) is 6.07 Å². The lowest BCUT2D eigenvalue weighted by Crippen LogP contribution is -2.48. The highest BCUT2D eigenvalue weighted by molar-refractivity contribution is 5.59. The smallest absolute Gasteiger partial charge is 0.125 e. The predicted molar refractivity (Wildman–Crippen MR) is 69.7 cm³/mol. The molecule has 3 heteroatoms. The Balaban J connectivity index is 2.35. The summed E-state index contributed by atoms with van der Waals surface area (Å²) in [5.74, 6) is -0.166. The largest absolute Gasteiger partial charge is 0.366 e. The number of benzene rings is 1. The number of rotatable bonds is 2. The van der Waals surface area contributed by atoms with Gasteiger partial charge in [-0.05, 0) is 29.5 Å². The topological polar surface area (TPSA) is 29.3 Å². The third-order valence-corrected chi connectivity index (χ3v) is 3.58. The Hall–Kier alpha value is -1.09. The normalized spacial score (nSPS) is 17.1. The summed E-state index contributed by atoms with van der Waals surface area (Å²) in [5, 5.41) is 0. The lowest BCUT2D eigenvalue weighted by atomic mass is 9.85. The molecule has 2 rings (SSSR count). The Kier molecular flexibility index (Phi) is 3.13. The summed E-state index contributed by atoms with van der Waals surface area (Å²) < 4.78 is 13.3. The van der Waals surface area contributed by atoms with Gasteiger partial charge in [0.2, 0.25) is 0 Å². The van der Waals surface area contributed by atoms with Crippen LogP contribution in [0.25, 0.3) is 0 Å². The molecule has 0 aliphatic carbocycles. The Labute approximate surface area is 103 Å². The van der Waals surface area contributed by atoms with Crippen LogP contribution in [0.3, 0.4) is 0 Å². The van der Waals surface area contributed by atoms with Crippen LogP contribution >= 0.6 is 0 Å². The minimum absolute atomic E-state index is 0.0999. The molecular weight excluding hydrogens is 215 g/mol. The van der Waals surface area contributed by atoms with E-state index >= 15 is 0 Å². The van der Waals surface area contributed by atoms with Crippen molar-refractivity contribution in [3.63, 3.8) is 0 Å². The van der Waals surface area contributed by atoms with Gasteiger partial charge in [-0.3, -0.25) is 0 Å². The van der Waals surface area contributed by atoms with Gasteiger partial charge in [0.15, 0.2) is 0 Å². The van der Waals surface area contributed by atoms with E-state index in [0.717, 1.165) is 18.7 Å². The van der Waals surface area contributed by atoms with E-state index in [1.54, 1.807) is 6.07 Å². The van der Waals surface area contributed by atoms with Crippen LogP contribution in [-0.4, -0.2) is 19.1 Å². The van der Waals surface area contributed by atoms with Crippen molar-refractivity contribution in [1.82, 2.24) is 0 Å². The Morgan fingerprint density at radius 3 is 2.71 bits per heavy atom. The molecule has 0 amide bonds. The van der Waals surface area contributed by atoms with E-state index in [2.05, 4.69) is 25.7 Å². The van der Waals surface area contributed by atoms with Crippen molar-refractivity contribution >= 4 is 5.69 Å². The fourth-order valence-electron chi connectivity index (χ4n) is 2.65. The van der Waals surface area contributed by atoms with E-state index in [1.165, 1.54) is 11.6 Å². The molecule has 0 fully saturated rings. The summed E-state index contributed by atoms with van der Waals surface area (Å²) in [4.78, 5) is 2.26. The molecular formula is C14H21FN2. The Morgan fingerprint density at radius 1 is 1.41 bits per heavy atom. The Morgan fingerprint density at radius 2 is 2.12 bits per heavy atom. The molecule has 0 saturated heterocycles. The van der Waals surface area contributed by atoms with Gasteiger partial charge in [0, 0.05) is 24.8 Å². The minimum Gasteiger partial charge on any atom is -0.366 e. The number of nitrogens with zero attached hydrogens (tertiary/aromatic N) is 1. The van der Waals surface area contributed by atoms with E-state index in [9.17, 15) is 4.39 Å². The van der Waals surface area contributed by atoms with E-state index in [0.29, 0.717) is 6.54 Å². The molecule has 1 aromatic rings. The quantitative estimate of drug-likeness (QED) is 0.855. The van der Waals surface area contributed by atoms with Crippen LogP contribution in [0.5, 0.6) is 0 Å². The number of hydrogen-bond acceptors (Lipinski definition) is 2. The monoisotopic (exact) mass is 236 g/mol. The predicted octanol–water partition coefficient (Wildman–Crippen LogP) is 2.56. The average Bonchev–Trinajstić information content (AvgIpc) is 2.60. The fraction of sp³-hybridized carbons (Fsp3) is 0.571. The van der Waals surface area contributed by atoms with Crippen molar-refractivity contribution in [3.05, 3.63) is 29.6 Å². The summed E-state index contributed by atoms with van der Waals surface area (Å²) >= 11 is 0. The van der Waals surface area contributed by atoms with Crippen LogP contribution in [0, 0.1) is 11.2 Å². The molecule has 1 aliphatic rings. The number of hydrogen-bond donors (Lipinski definition) is 1. The summed E-state index contributed by atoms with van der Waals surface area (Å²) in [6.45, 7) is 8.09. The minimum atomic E-state index is -0.166. The van der Waals surface area contributed by atoms with Crippen LogP contribution in [0.1, 0.15) is 26.3 Å². The Bertz CT molecular complexity index is 409. The fourth-order valence-corrected chi connectivity index (χ4v) is 2.65. The van der Waals surface area contributed by atoms with Crippen LogP contribution in [0.2, 0.25) is 0 Å². The molecule has 0 saturated carbocycles. The first kappa shape index (κ1) is 12.4. The van der Waals surface area contributed by atoms with Crippen molar-refractivity contribution in [2.45, 2.75) is 33.2 Å². The number of halogens is 1. The van der Waals surface area contributed by atoms with Gasteiger partial charge in [-0.1, -0.05) is 26.8 Å². The maximum absolute atomic E-state index is 13.3. The van der Waals surface area contributed by atoms with Crippen molar-refractivity contribution in [1.29, 1.82) is 0 Å². The van der Waals surface area contributed by atoms with Crippen molar-refractivity contribution in [2.24, 2.45) is 11.1 Å². The molecule has 2 N–H and O–H groups in total. The number of fused-ring (bicyclic) bond motifs is 1. The van der Waals surface area contributed by atoms with E-state index in [-0.39, 0.29) is 17.3 Å². The second-order valence-corrected chi connectivity index (χ2v) is 5.83. The molecule has 2 nitrogen and oxygen atoms in total. The summed E-state index contributed by atoms with van der Waals surface area (Å²) in [6, 6.07) is 5.32. The van der Waals surface area contributed by atoms with Crippen LogP contribution in [0.15, 0.2) is 18.2 Å². The molecule has 1 aliphatic heterocycles. The molecule has 1 heterocycles. The van der Waals surface area contributed by atoms with Gasteiger partial charge in [0.1, 0.15) is 5.82 Å². The third-order valence-electron chi connectivity index (χ3n) is 3.58. The summed E-state index contributed by atoms with van der Waals surface area (Å²) in [6.07, 6.45) is 0.988. The van der Waals surface area contributed by atoms with E-state index in [4.69, 9.17) is 5.73 Å². The first-order chi connectivity index (χ1) is 7.93. The van der Waals surface area contributed by atoms with Crippen molar-refractivity contribution < 1.29 is 4.39 Å². The van der Waals surface area contributed by atoms with Crippen LogP contribution in [-0.2, 0) is 6.42 Å². The van der Waals surface area contributed by atoms with Crippen molar-refractivity contribution in [3.8, 4) is 0 Å². The van der Waals surface area contributed by atoms with Gasteiger partial charge in [0.05, 0.1) is 0 Å². The number of nitrogens with two attached hydrogens (primary N) is 1. The molecule has 94 valence electrons. The highest BCUT2D eigenvalue weighted by Gasteiger charge is 2.33. The highest BCUT2D eigenvalue weighted by atomic mass is 19.1. The van der Waals surface area contributed by atoms with Crippen LogP contribution < -0.4 is 10.6 Å². The second kappa shape index (κ2) is 4.30. The van der Waals surface area contributed by atoms with E-state index < -0.39 is 0 Å². The molecule has 1 atom stereocenters. The zero-order valence-electron chi connectivity index (χ0n) is 10.8. The standard InChI is InChI=1S/C14H21FN2/c1-14(2,3)13(9-16)17-7-6-10-4-5-11(15)8-12(10)17/h4-5,8,13H,6-7,9,16H2,1-3H3. The molecule has 1 unspecified atom stereocenters. The molecule has 1 aromatic carbocycles. The SMILES string of the molecule is CC(C)(C)C(CN)N1CCc2ccc(F)cc21. The summed E-state index contributed by atoms with van der Waals surface area (Å²) in [5.41, 5.74) is 8.25. The lowest BCUT2D eigenvalue weighted by Gasteiger charge is -2.39. The average molecular weight is 236 g/mol. The number of anilines is 1. The zero-order chi connectivity index (χ0) is 12.6. The summed E-state index contributed by atoms with van der Waals surface area (Å²) in [7, 11) is 0. The van der Waals surface area contributed by atoms with Crippen molar-refractivity contribution in [2.75, 3.05) is 18.0 Å². The van der Waals surface area contributed by atoms with Crippen LogP contribution in [0.4, 0.5) is 10.1 Å². The maximum Gasteiger partial charge on any atom is 0.125 e. The van der Waals surface area contributed by atoms with Gasteiger partial charge < -0.3 is 10.6 Å². The molecule has 0 bridgehead atoms. The molecule has 0 aromatic heterocycles. The van der Waals surface area contributed by atoms with Gasteiger partial charge in [-0.2, -0.15) is 0 Å². The highest BCUT2D eigenvalue weighted by Crippen LogP contribution is 2.35. The lowest BCUT2D eigenvalue weighted by molar-refractivity contribution is 0.311. The molecule has 0 spiro atoms. The van der Waals surface area contributed by atoms with Gasteiger partial charge in [0.25, 0.3) is 0 Å². The third kappa shape index (κ3) is 2.29. The van der Waals surface area contributed by atoms with Gasteiger partial charge >= 0.3 is 0 Å². The molecule has 0 radical (unpaired) electrons. The van der Waals surface area contributed by atoms with Gasteiger partial charge in [-0.25, -0.2) is 4.39 Å². The second-order valence-electron chi connectivity index (χ2n) is 5.83.